The summed E-state index contributed by atoms with van der Waals surface area (Å²) < 4.78 is 0. The number of aliphatic hydroxyl groups excluding tert-OH is 1. The third-order valence-electron chi connectivity index (χ3n) is 4.54. The van der Waals surface area contributed by atoms with Crippen molar-refractivity contribution in [3.05, 3.63) is 29.8 Å². The Labute approximate surface area is 131 Å². The Balaban J connectivity index is 1.69. The van der Waals surface area contributed by atoms with E-state index in [1.165, 1.54) is 0 Å². The molecule has 0 spiro atoms. The van der Waals surface area contributed by atoms with Gasteiger partial charge in [-0.2, -0.15) is 0 Å². The van der Waals surface area contributed by atoms with Gasteiger partial charge >= 0.3 is 6.03 Å². The predicted octanol–water partition coefficient (Wildman–Crippen LogP) is 2.18. The van der Waals surface area contributed by atoms with E-state index in [9.17, 15) is 15.0 Å². The lowest BCUT2D eigenvalue weighted by atomic mass is 9.73. The van der Waals surface area contributed by atoms with E-state index in [4.69, 9.17) is 0 Å². The van der Waals surface area contributed by atoms with Gasteiger partial charge in [0.1, 0.15) is 5.75 Å². The second kappa shape index (κ2) is 7.49. The summed E-state index contributed by atoms with van der Waals surface area (Å²) in [4.78, 5) is 11.8. The van der Waals surface area contributed by atoms with Crippen molar-refractivity contribution in [2.45, 2.75) is 45.1 Å². The van der Waals surface area contributed by atoms with E-state index in [2.05, 4.69) is 10.6 Å². The maximum Gasteiger partial charge on any atom is 0.314 e. The van der Waals surface area contributed by atoms with E-state index in [1.54, 1.807) is 18.2 Å². The molecule has 1 aromatic carbocycles. The van der Waals surface area contributed by atoms with Gasteiger partial charge in [-0.15, -0.1) is 0 Å². The van der Waals surface area contributed by atoms with E-state index in [0.29, 0.717) is 19.5 Å². The fourth-order valence-electron chi connectivity index (χ4n) is 2.96. The SMILES string of the molecule is CC1(CNC(=O)NCCc2cccc(O)c2)CCCCC1O. The monoisotopic (exact) mass is 306 g/mol. The maximum absolute atomic E-state index is 11.8. The van der Waals surface area contributed by atoms with Crippen LogP contribution in [0, 0.1) is 5.41 Å². The van der Waals surface area contributed by atoms with Crippen molar-refractivity contribution in [2.75, 3.05) is 13.1 Å². The number of benzene rings is 1. The first-order valence-electron chi connectivity index (χ1n) is 7.97. The molecular weight excluding hydrogens is 280 g/mol. The third-order valence-corrected chi connectivity index (χ3v) is 4.54. The molecule has 2 unspecified atom stereocenters. The number of phenols is 1. The van der Waals surface area contributed by atoms with Crippen LogP contribution in [0.2, 0.25) is 0 Å². The van der Waals surface area contributed by atoms with Crippen LogP contribution in [0.15, 0.2) is 24.3 Å². The lowest BCUT2D eigenvalue weighted by Crippen LogP contribution is -2.47. The van der Waals surface area contributed by atoms with E-state index < -0.39 is 0 Å². The largest absolute Gasteiger partial charge is 0.508 e. The molecule has 4 N–H and O–H groups in total. The lowest BCUT2D eigenvalue weighted by Gasteiger charge is -2.38. The minimum atomic E-state index is -0.339. The number of phenolic OH excluding ortho intramolecular Hbond substituents is 1. The summed E-state index contributed by atoms with van der Waals surface area (Å²) in [5, 5.41) is 25.1. The molecule has 5 heteroatoms. The van der Waals surface area contributed by atoms with Crippen LogP contribution in [0.25, 0.3) is 0 Å². The molecule has 5 nitrogen and oxygen atoms in total. The number of amides is 2. The molecule has 0 bridgehead atoms. The standard InChI is InChI=1S/C17H26N2O3/c1-17(9-3-2-7-15(17)21)12-19-16(22)18-10-8-13-5-4-6-14(20)11-13/h4-6,11,15,20-21H,2-3,7-10,12H2,1H3,(H2,18,19,22). The predicted molar refractivity (Wildman–Crippen MR) is 85.8 cm³/mol. The summed E-state index contributed by atoms with van der Waals surface area (Å²) in [6, 6.07) is 6.81. The number of aliphatic hydroxyl groups is 1. The van der Waals surface area contributed by atoms with Crippen LogP contribution in [0.3, 0.4) is 0 Å². The molecule has 22 heavy (non-hydrogen) atoms. The number of carbonyl (C=O) groups excluding carboxylic acids is 1. The number of hydrogen-bond acceptors (Lipinski definition) is 3. The second-order valence-corrected chi connectivity index (χ2v) is 6.44. The van der Waals surface area contributed by atoms with Gasteiger partial charge in [-0.3, -0.25) is 0 Å². The lowest BCUT2D eigenvalue weighted by molar-refractivity contribution is 0.00310. The highest BCUT2D eigenvalue weighted by molar-refractivity contribution is 5.73. The van der Waals surface area contributed by atoms with Crippen molar-refractivity contribution in [1.29, 1.82) is 0 Å². The van der Waals surface area contributed by atoms with Crippen LogP contribution < -0.4 is 10.6 Å². The zero-order valence-electron chi connectivity index (χ0n) is 13.1. The van der Waals surface area contributed by atoms with E-state index in [-0.39, 0.29) is 23.3 Å². The molecule has 1 aliphatic carbocycles. The summed E-state index contributed by atoms with van der Waals surface area (Å²) in [5.41, 5.74) is 0.760. The first-order valence-corrected chi connectivity index (χ1v) is 7.97. The Morgan fingerprint density at radius 3 is 2.91 bits per heavy atom. The van der Waals surface area contributed by atoms with Crippen LogP contribution in [0.4, 0.5) is 4.79 Å². The fourth-order valence-corrected chi connectivity index (χ4v) is 2.96. The molecular formula is C17H26N2O3. The molecule has 0 heterocycles. The minimum absolute atomic E-state index is 0.209. The summed E-state index contributed by atoms with van der Waals surface area (Å²) in [6.07, 6.45) is 4.26. The summed E-state index contributed by atoms with van der Waals surface area (Å²) in [5.74, 6) is 0.237. The average Bonchev–Trinajstić information content (AvgIpc) is 2.49. The van der Waals surface area contributed by atoms with Gasteiger partial charge in [0.15, 0.2) is 0 Å². The van der Waals surface area contributed by atoms with Crippen molar-refractivity contribution < 1.29 is 15.0 Å². The van der Waals surface area contributed by atoms with Gasteiger partial charge in [-0.05, 0) is 37.0 Å². The van der Waals surface area contributed by atoms with Crippen molar-refractivity contribution >= 4 is 6.03 Å². The number of nitrogens with one attached hydrogen (secondary N) is 2. The fraction of sp³-hybridized carbons (Fsp3) is 0.588. The van der Waals surface area contributed by atoms with Gasteiger partial charge < -0.3 is 20.8 Å². The van der Waals surface area contributed by atoms with Gasteiger partial charge in [0.25, 0.3) is 0 Å². The van der Waals surface area contributed by atoms with Crippen molar-refractivity contribution in [3.8, 4) is 5.75 Å². The van der Waals surface area contributed by atoms with Gasteiger partial charge in [-0.25, -0.2) is 4.79 Å². The molecule has 1 fully saturated rings. The van der Waals surface area contributed by atoms with Crippen molar-refractivity contribution in [3.63, 3.8) is 0 Å². The first kappa shape index (κ1) is 16.6. The molecule has 1 aromatic rings. The summed E-state index contributed by atoms with van der Waals surface area (Å²) in [6.45, 7) is 3.03. The van der Waals surface area contributed by atoms with Crippen LogP contribution in [0.5, 0.6) is 5.75 Å². The highest BCUT2D eigenvalue weighted by Crippen LogP contribution is 2.35. The Morgan fingerprint density at radius 1 is 1.36 bits per heavy atom. The second-order valence-electron chi connectivity index (χ2n) is 6.44. The van der Waals surface area contributed by atoms with Gasteiger partial charge in [0.05, 0.1) is 6.10 Å². The van der Waals surface area contributed by atoms with Crippen molar-refractivity contribution in [2.24, 2.45) is 5.41 Å². The average molecular weight is 306 g/mol. The molecule has 0 aliphatic heterocycles. The Morgan fingerprint density at radius 2 is 2.18 bits per heavy atom. The first-order chi connectivity index (χ1) is 10.5. The number of rotatable bonds is 5. The Bertz CT molecular complexity index is 506. The minimum Gasteiger partial charge on any atom is -0.508 e. The zero-order chi connectivity index (χ0) is 16.0. The summed E-state index contributed by atoms with van der Waals surface area (Å²) >= 11 is 0. The molecule has 122 valence electrons. The van der Waals surface area contributed by atoms with E-state index >= 15 is 0 Å². The summed E-state index contributed by atoms with van der Waals surface area (Å²) in [7, 11) is 0. The van der Waals surface area contributed by atoms with Gasteiger partial charge in [-0.1, -0.05) is 31.9 Å². The normalized spacial score (nSPS) is 24.7. The molecule has 2 rings (SSSR count). The van der Waals surface area contributed by atoms with Crippen LogP contribution in [0.1, 0.15) is 38.2 Å². The van der Waals surface area contributed by atoms with Crippen LogP contribution in [-0.2, 0) is 6.42 Å². The molecule has 2 amide bonds. The Hall–Kier alpha value is -1.75. The molecule has 0 aromatic heterocycles. The zero-order valence-corrected chi connectivity index (χ0v) is 13.1. The molecule has 1 aliphatic rings. The van der Waals surface area contributed by atoms with Gasteiger partial charge in [0, 0.05) is 18.5 Å². The van der Waals surface area contributed by atoms with Gasteiger partial charge in [0.2, 0.25) is 0 Å². The van der Waals surface area contributed by atoms with E-state index in [1.807, 2.05) is 13.0 Å². The molecule has 0 radical (unpaired) electrons. The van der Waals surface area contributed by atoms with Crippen molar-refractivity contribution in [1.82, 2.24) is 10.6 Å². The van der Waals surface area contributed by atoms with Crippen LogP contribution >= 0.6 is 0 Å². The number of hydrogen-bond donors (Lipinski definition) is 4. The Kier molecular flexibility index (Phi) is 5.66. The number of aromatic hydroxyl groups is 1. The number of urea groups is 1. The highest BCUT2D eigenvalue weighted by atomic mass is 16.3. The molecule has 0 saturated heterocycles. The maximum atomic E-state index is 11.8. The molecule has 1 saturated carbocycles. The van der Waals surface area contributed by atoms with E-state index in [0.717, 1.165) is 31.2 Å². The third kappa shape index (κ3) is 4.63. The highest BCUT2D eigenvalue weighted by Gasteiger charge is 2.35. The molecule has 2 atom stereocenters. The smallest absolute Gasteiger partial charge is 0.314 e. The quantitative estimate of drug-likeness (QED) is 0.673. The van der Waals surface area contributed by atoms with Crippen LogP contribution in [-0.4, -0.2) is 35.4 Å². The topological polar surface area (TPSA) is 81.6 Å². The number of carbonyl (C=O) groups is 1.